The van der Waals surface area contributed by atoms with E-state index in [1.807, 2.05) is 61.1 Å². The molecule has 39 heavy (non-hydrogen) atoms. The van der Waals surface area contributed by atoms with Gasteiger partial charge >= 0.3 is 0 Å². The van der Waals surface area contributed by atoms with Gasteiger partial charge in [-0.2, -0.15) is 0 Å². The number of Topliss-reactive ketones (excluding diaryl/α,β-unsaturated/α-hetero) is 1. The highest BCUT2D eigenvalue weighted by molar-refractivity contribution is 5.90. The first-order valence-corrected chi connectivity index (χ1v) is 13.0. The number of amides is 1. The van der Waals surface area contributed by atoms with Gasteiger partial charge in [0.2, 0.25) is 5.91 Å². The zero-order valence-corrected chi connectivity index (χ0v) is 22.1. The Morgan fingerprint density at radius 1 is 1.10 bits per heavy atom. The Hall–Kier alpha value is -4.24. The Balaban J connectivity index is 1.19. The average molecular weight is 529 g/mol. The summed E-state index contributed by atoms with van der Waals surface area (Å²) in [5.41, 5.74) is 4.91. The van der Waals surface area contributed by atoms with E-state index in [9.17, 15) is 14.7 Å². The number of imidazole rings is 1. The van der Waals surface area contributed by atoms with Gasteiger partial charge in [-0.1, -0.05) is 41.6 Å². The fourth-order valence-electron chi connectivity index (χ4n) is 5.04. The Labute approximate surface area is 227 Å². The van der Waals surface area contributed by atoms with Gasteiger partial charge in [0.1, 0.15) is 11.5 Å². The summed E-state index contributed by atoms with van der Waals surface area (Å²) in [6.45, 7) is 2.63. The molecule has 0 spiro atoms. The molecule has 0 bridgehead atoms. The molecule has 1 N–H and O–H groups in total. The number of hydrogen-bond acceptors (Lipinski definition) is 7. The number of carbonyl (C=O) groups excluding carboxylic acids is 2. The van der Waals surface area contributed by atoms with E-state index >= 15 is 0 Å². The van der Waals surface area contributed by atoms with E-state index < -0.39 is 12.1 Å². The maximum Gasteiger partial charge on any atom is 0.231 e. The van der Waals surface area contributed by atoms with Crippen LogP contribution in [0.4, 0.5) is 0 Å². The molecule has 2 aromatic heterocycles. The smallest absolute Gasteiger partial charge is 0.231 e. The lowest BCUT2D eigenvalue weighted by molar-refractivity contribution is -0.137. The van der Waals surface area contributed by atoms with Crippen LogP contribution in [0, 0.1) is 6.92 Å². The first kappa shape index (κ1) is 26.4. The average Bonchev–Trinajstić information content (AvgIpc) is 3.68. The van der Waals surface area contributed by atoms with Gasteiger partial charge in [-0.15, -0.1) is 0 Å². The molecule has 0 radical (unpaired) electrons. The van der Waals surface area contributed by atoms with E-state index in [4.69, 9.17) is 9.26 Å². The Morgan fingerprint density at radius 2 is 1.85 bits per heavy atom. The highest BCUT2D eigenvalue weighted by Crippen LogP contribution is 2.24. The second-order valence-corrected chi connectivity index (χ2v) is 9.98. The third-order valence-corrected chi connectivity index (χ3v) is 7.11. The lowest BCUT2D eigenvalue weighted by Crippen LogP contribution is -2.41. The van der Waals surface area contributed by atoms with Crippen molar-refractivity contribution in [3.63, 3.8) is 0 Å². The van der Waals surface area contributed by atoms with Crippen molar-refractivity contribution in [2.24, 2.45) is 0 Å². The van der Waals surface area contributed by atoms with E-state index in [1.54, 1.807) is 20.1 Å². The number of aryl methyl sites for hydroxylation is 2. The first-order chi connectivity index (χ1) is 18.9. The molecule has 3 heterocycles. The highest BCUT2D eigenvalue weighted by Gasteiger charge is 2.38. The van der Waals surface area contributed by atoms with Crippen LogP contribution in [0.15, 0.2) is 71.6 Å². The topological polar surface area (TPSA) is 111 Å². The number of aromatic nitrogens is 3. The fourth-order valence-corrected chi connectivity index (χ4v) is 5.04. The number of nitrogens with zero attached hydrogens (tertiary/aromatic N) is 4. The first-order valence-electron chi connectivity index (χ1n) is 13.0. The molecule has 1 fully saturated rings. The summed E-state index contributed by atoms with van der Waals surface area (Å²) in [4.78, 5) is 31.8. The Kier molecular flexibility index (Phi) is 7.88. The monoisotopic (exact) mass is 528 g/mol. The predicted octanol–water partition coefficient (Wildman–Crippen LogP) is 3.61. The van der Waals surface area contributed by atoms with Crippen LogP contribution in [0.25, 0.3) is 11.3 Å². The minimum absolute atomic E-state index is 0.0217. The maximum absolute atomic E-state index is 13.1. The van der Waals surface area contributed by atoms with Crippen LogP contribution in [0.2, 0.25) is 0 Å². The van der Waals surface area contributed by atoms with Crippen molar-refractivity contribution in [2.75, 3.05) is 13.7 Å². The summed E-state index contributed by atoms with van der Waals surface area (Å²) in [7, 11) is 1.65. The number of aliphatic hydroxyl groups is 1. The number of ether oxygens (including phenoxy) is 1. The van der Waals surface area contributed by atoms with E-state index in [1.165, 1.54) is 4.90 Å². The Morgan fingerprint density at radius 3 is 2.54 bits per heavy atom. The van der Waals surface area contributed by atoms with Gasteiger partial charge in [0.05, 0.1) is 49.6 Å². The molecule has 1 aliphatic heterocycles. The van der Waals surface area contributed by atoms with Crippen LogP contribution in [-0.4, -0.2) is 62.2 Å². The standard InChI is InChI=1S/C30H32N4O5/c1-20-13-26(39-32-20)15-30(37)34-18-24(35)14-27(34)29(36)12-7-21-3-8-23(9-4-21)28-16-31-19-33(28)17-22-5-10-25(38-2)11-6-22/h3-6,8-11,13,16,19,24,27,35H,7,12,14-15,17-18H2,1-2H3/t24-,27+/m1/s1. The normalized spacial score (nSPS) is 16.9. The van der Waals surface area contributed by atoms with Crippen LogP contribution < -0.4 is 4.74 Å². The van der Waals surface area contributed by atoms with Crippen molar-refractivity contribution in [3.05, 3.63) is 89.7 Å². The van der Waals surface area contributed by atoms with Crippen LogP contribution in [0.5, 0.6) is 5.75 Å². The molecule has 9 nitrogen and oxygen atoms in total. The number of carbonyl (C=O) groups is 2. The van der Waals surface area contributed by atoms with Gasteiger partial charge in [0.15, 0.2) is 5.78 Å². The van der Waals surface area contributed by atoms with Crippen LogP contribution in [0.1, 0.15) is 35.4 Å². The molecule has 5 rings (SSSR count). The van der Waals surface area contributed by atoms with Gasteiger partial charge in [0, 0.05) is 32.0 Å². The van der Waals surface area contributed by atoms with Crippen molar-refractivity contribution >= 4 is 11.7 Å². The summed E-state index contributed by atoms with van der Waals surface area (Å²) < 4.78 is 12.5. The number of hydrogen-bond donors (Lipinski definition) is 1. The minimum atomic E-state index is -0.707. The van der Waals surface area contributed by atoms with Crippen molar-refractivity contribution in [3.8, 4) is 17.0 Å². The minimum Gasteiger partial charge on any atom is -0.497 e. The van der Waals surface area contributed by atoms with Crippen molar-refractivity contribution < 1.29 is 24.0 Å². The molecule has 1 amide bonds. The fraction of sp³-hybridized carbons (Fsp3) is 0.333. The van der Waals surface area contributed by atoms with Gasteiger partial charge in [-0.25, -0.2) is 4.98 Å². The van der Waals surface area contributed by atoms with Crippen molar-refractivity contribution in [1.29, 1.82) is 0 Å². The number of likely N-dealkylation sites (tertiary alicyclic amines) is 1. The molecule has 202 valence electrons. The summed E-state index contributed by atoms with van der Waals surface area (Å²) in [6, 6.07) is 17.2. The largest absolute Gasteiger partial charge is 0.497 e. The molecule has 2 atom stereocenters. The van der Waals surface area contributed by atoms with Crippen LogP contribution >= 0.6 is 0 Å². The lowest BCUT2D eigenvalue weighted by Gasteiger charge is -2.23. The van der Waals surface area contributed by atoms with Gasteiger partial charge in [-0.3, -0.25) is 9.59 Å². The van der Waals surface area contributed by atoms with Crippen LogP contribution in [-0.2, 0) is 29.0 Å². The number of benzene rings is 2. The summed E-state index contributed by atoms with van der Waals surface area (Å²) in [5.74, 6) is 0.992. The van der Waals surface area contributed by atoms with Gasteiger partial charge < -0.3 is 23.8 Å². The van der Waals surface area contributed by atoms with Crippen molar-refractivity contribution in [2.45, 2.75) is 51.3 Å². The molecule has 1 saturated heterocycles. The molecular formula is C30H32N4O5. The summed E-state index contributed by atoms with van der Waals surface area (Å²) in [5, 5.41) is 14.0. The van der Waals surface area contributed by atoms with E-state index in [0.717, 1.165) is 28.1 Å². The van der Waals surface area contributed by atoms with Gasteiger partial charge in [-0.05, 0) is 42.2 Å². The third kappa shape index (κ3) is 6.26. The van der Waals surface area contributed by atoms with Crippen molar-refractivity contribution in [1.82, 2.24) is 19.6 Å². The van der Waals surface area contributed by atoms with E-state index in [2.05, 4.69) is 14.7 Å². The highest BCUT2D eigenvalue weighted by atomic mass is 16.5. The molecule has 4 aromatic rings. The molecule has 1 aliphatic rings. The molecule has 9 heteroatoms. The number of rotatable bonds is 10. The molecule has 0 aliphatic carbocycles. The molecule has 0 saturated carbocycles. The number of β-amino-alcohol motifs (C(OH)–C–C–N with tert-alkyl or cyclic N) is 1. The molecule has 2 aromatic carbocycles. The molecule has 0 unspecified atom stereocenters. The summed E-state index contributed by atoms with van der Waals surface area (Å²) >= 11 is 0. The SMILES string of the molecule is COc1ccc(Cn2cncc2-c2ccc(CCC(=O)[C@@H]3C[C@@H](O)CN3C(=O)Cc3cc(C)no3)cc2)cc1. The predicted molar refractivity (Wildman–Crippen MR) is 144 cm³/mol. The Bertz CT molecular complexity index is 1420. The van der Waals surface area contributed by atoms with E-state index in [0.29, 0.717) is 24.4 Å². The second-order valence-electron chi connectivity index (χ2n) is 9.98. The quantitative estimate of drug-likeness (QED) is 0.335. The molecular weight excluding hydrogens is 496 g/mol. The number of aliphatic hydroxyl groups excluding tert-OH is 1. The summed E-state index contributed by atoms with van der Waals surface area (Å²) in [6.07, 6.45) is 4.09. The lowest BCUT2D eigenvalue weighted by atomic mass is 10.00. The second kappa shape index (κ2) is 11.7. The third-order valence-electron chi connectivity index (χ3n) is 7.11. The van der Waals surface area contributed by atoms with E-state index in [-0.39, 0.29) is 37.5 Å². The van der Waals surface area contributed by atoms with Gasteiger partial charge in [0.25, 0.3) is 0 Å². The number of methoxy groups -OCH3 is 1. The van der Waals surface area contributed by atoms with Crippen LogP contribution in [0.3, 0.4) is 0 Å². The number of ketones is 1. The zero-order chi connectivity index (χ0) is 27.4. The maximum atomic E-state index is 13.1. The zero-order valence-electron chi connectivity index (χ0n) is 22.1.